The van der Waals surface area contributed by atoms with Crippen molar-refractivity contribution in [1.29, 1.82) is 5.41 Å². The van der Waals surface area contributed by atoms with Crippen molar-refractivity contribution >= 4 is 5.84 Å². The molecule has 0 saturated carbocycles. The molecule has 0 spiro atoms. The van der Waals surface area contributed by atoms with Gasteiger partial charge in [-0.15, -0.1) is 0 Å². The first-order chi connectivity index (χ1) is 10.0. The molecule has 0 aromatic heterocycles. The number of nitrogen functional groups attached to an aromatic ring is 1. The molecule has 0 aliphatic carbocycles. The fourth-order valence-electron chi connectivity index (χ4n) is 1.80. The van der Waals surface area contributed by atoms with E-state index in [1.165, 1.54) is 7.11 Å². The fourth-order valence-corrected chi connectivity index (χ4v) is 1.80. The molecule has 2 aromatic rings. The fraction of sp³-hybridized carbons (Fsp3) is 0.133. The molecule has 3 N–H and O–H groups in total. The highest BCUT2D eigenvalue weighted by Gasteiger charge is 2.09. The summed E-state index contributed by atoms with van der Waals surface area (Å²) in [5.74, 6) is -1.08. The third-order valence-corrected chi connectivity index (χ3v) is 2.84. The van der Waals surface area contributed by atoms with Gasteiger partial charge < -0.3 is 15.2 Å². The number of halogens is 2. The number of hydrogen-bond acceptors (Lipinski definition) is 3. The van der Waals surface area contributed by atoms with Crippen LogP contribution in [0.4, 0.5) is 8.78 Å². The van der Waals surface area contributed by atoms with E-state index >= 15 is 0 Å². The molecule has 0 unspecified atom stereocenters. The summed E-state index contributed by atoms with van der Waals surface area (Å²) < 4.78 is 36.8. The number of benzene rings is 2. The Kier molecular flexibility index (Phi) is 4.37. The molecule has 110 valence electrons. The largest absolute Gasteiger partial charge is 0.496 e. The minimum Gasteiger partial charge on any atom is -0.496 e. The predicted octanol–water partition coefficient (Wildman–Crippen LogP) is 2.84. The highest BCUT2D eigenvalue weighted by atomic mass is 19.1. The highest BCUT2D eigenvalue weighted by molar-refractivity contribution is 5.97. The molecule has 0 heterocycles. The number of methoxy groups -OCH3 is 1. The van der Waals surface area contributed by atoms with Crippen LogP contribution in [0.25, 0.3) is 0 Å². The average molecular weight is 292 g/mol. The second-order valence-electron chi connectivity index (χ2n) is 4.31. The molecular weight excluding hydrogens is 278 g/mol. The highest BCUT2D eigenvalue weighted by Crippen LogP contribution is 2.22. The minimum absolute atomic E-state index is 0.0185. The Morgan fingerprint density at radius 3 is 2.57 bits per heavy atom. The zero-order valence-electron chi connectivity index (χ0n) is 11.3. The van der Waals surface area contributed by atoms with E-state index in [-0.39, 0.29) is 18.2 Å². The maximum atomic E-state index is 13.4. The number of nitrogens with two attached hydrogens (primary N) is 1. The zero-order valence-corrected chi connectivity index (χ0v) is 11.3. The first-order valence-corrected chi connectivity index (χ1v) is 6.10. The number of hydrogen-bond donors (Lipinski definition) is 2. The van der Waals surface area contributed by atoms with Crippen LogP contribution in [0.2, 0.25) is 0 Å². The number of ether oxygens (including phenoxy) is 2. The molecular formula is C15H14F2N2O2. The maximum Gasteiger partial charge on any atom is 0.165 e. The van der Waals surface area contributed by atoms with E-state index in [1.54, 1.807) is 18.2 Å². The predicted molar refractivity (Wildman–Crippen MR) is 74.7 cm³/mol. The van der Waals surface area contributed by atoms with Gasteiger partial charge in [-0.05, 0) is 29.8 Å². The molecule has 2 aromatic carbocycles. The lowest BCUT2D eigenvalue weighted by Gasteiger charge is -2.11. The standard InChI is InChI=1S/C15H14F2N2O2/c1-20-13-5-2-9(6-11(13)15(18)19)8-21-14-7-10(16)3-4-12(14)17/h2-7H,8H2,1H3,(H3,18,19). The summed E-state index contributed by atoms with van der Waals surface area (Å²) >= 11 is 0. The van der Waals surface area contributed by atoms with Crippen molar-refractivity contribution in [1.82, 2.24) is 0 Å². The Balaban J connectivity index is 2.18. The van der Waals surface area contributed by atoms with Crippen molar-refractivity contribution in [3.8, 4) is 11.5 Å². The van der Waals surface area contributed by atoms with Crippen LogP contribution in [0, 0.1) is 17.0 Å². The van der Waals surface area contributed by atoms with Crippen molar-refractivity contribution in [3.63, 3.8) is 0 Å². The van der Waals surface area contributed by atoms with Gasteiger partial charge in [0, 0.05) is 6.07 Å². The van der Waals surface area contributed by atoms with Crippen LogP contribution in [-0.2, 0) is 6.61 Å². The molecule has 0 amide bonds. The van der Waals surface area contributed by atoms with E-state index in [9.17, 15) is 8.78 Å². The Hall–Kier alpha value is -2.63. The van der Waals surface area contributed by atoms with Crippen molar-refractivity contribution in [2.45, 2.75) is 6.61 Å². The van der Waals surface area contributed by atoms with Gasteiger partial charge in [0.15, 0.2) is 11.6 Å². The Morgan fingerprint density at radius 1 is 1.14 bits per heavy atom. The summed E-state index contributed by atoms with van der Waals surface area (Å²) in [6.45, 7) is 0.0185. The van der Waals surface area contributed by atoms with Crippen molar-refractivity contribution in [2.24, 2.45) is 5.73 Å². The molecule has 0 bridgehead atoms. The molecule has 0 aliphatic heterocycles. The van der Waals surface area contributed by atoms with Gasteiger partial charge in [-0.2, -0.15) is 0 Å². The summed E-state index contributed by atoms with van der Waals surface area (Å²) in [6.07, 6.45) is 0. The average Bonchev–Trinajstić information content (AvgIpc) is 2.47. The number of rotatable bonds is 5. The lowest BCUT2D eigenvalue weighted by atomic mass is 10.1. The third-order valence-electron chi connectivity index (χ3n) is 2.84. The van der Waals surface area contributed by atoms with Gasteiger partial charge in [-0.25, -0.2) is 8.78 Å². The molecule has 4 nitrogen and oxygen atoms in total. The van der Waals surface area contributed by atoms with Gasteiger partial charge in [0.2, 0.25) is 0 Å². The first-order valence-electron chi connectivity index (χ1n) is 6.10. The van der Waals surface area contributed by atoms with Gasteiger partial charge >= 0.3 is 0 Å². The Labute approximate surface area is 120 Å². The smallest absolute Gasteiger partial charge is 0.165 e. The molecule has 0 atom stereocenters. The lowest BCUT2D eigenvalue weighted by Crippen LogP contribution is -2.13. The SMILES string of the molecule is COc1ccc(COc2cc(F)ccc2F)cc1C(=N)N. The molecule has 0 saturated heterocycles. The summed E-state index contributed by atoms with van der Waals surface area (Å²) in [4.78, 5) is 0. The van der Waals surface area contributed by atoms with Crippen LogP contribution in [0.5, 0.6) is 11.5 Å². The topological polar surface area (TPSA) is 68.3 Å². The van der Waals surface area contributed by atoms with Crippen molar-refractivity contribution in [3.05, 3.63) is 59.2 Å². The quantitative estimate of drug-likeness (QED) is 0.657. The Morgan fingerprint density at radius 2 is 1.90 bits per heavy atom. The first kappa shape index (κ1) is 14.8. The second kappa shape index (κ2) is 6.21. The van der Waals surface area contributed by atoms with Crippen LogP contribution < -0.4 is 15.2 Å². The van der Waals surface area contributed by atoms with Gasteiger partial charge in [0.1, 0.15) is 24.0 Å². The maximum absolute atomic E-state index is 13.4. The van der Waals surface area contributed by atoms with E-state index in [4.69, 9.17) is 20.6 Å². The van der Waals surface area contributed by atoms with E-state index < -0.39 is 11.6 Å². The van der Waals surface area contributed by atoms with Gasteiger partial charge in [0.25, 0.3) is 0 Å². The zero-order chi connectivity index (χ0) is 15.4. The van der Waals surface area contributed by atoms with Crippen LogP contribution in [0.15, 0.2) is 36.4 Å². The lowest BCUT2D eigenvalue weighted by molar-refractivity contribution is 0.288. The van der Waals surface area contributed by atoms with Gasteiger partial charge in [-0.1, -0.05) is 6.07 Å². The summed E-state index contributed by atoms with van der Waals surface area (Å²) in [5.41, 5.74) is 6.54. The number of nitrogens with one attached hydrogen (secondary N) is 1. The van der Waals surface area contributed by atoms with Crippen LogP contribution >= 0.6 is 0 Å². The summed E-state index contributed by atoms with van der Waals surface area (Å²) in [7, 11) is 1.47. The van der Waals surface area contributed by atoms with Crippen LogP contribution in [0.3, 0.4) is 0 Å². The molecule has 0 radical (unpaired) electrons. The number of amidine groups is 1. The van der Waals surface area contributed by atoms with E-state index in [1.807, 2.05) is 0 Å². The van der Waals surface area contributed by atoms with Gasteiger partial charge in [0.05, 0.1) is 12.7 Å². The molecule has 0 aliphatic rings. The molecule has 6 heteroatoms. The normalized spacial score (nSPS) is 10.2. The van der Waals surface area contributed by atoms with Crippen LogP contribution in [0.1, 0.15) is 11.1 Å². The minimum atomic E-state index is -0.642. The molecule has 21 heavy (non-hydrogen) atoms. The Bertz CT molecular complexity index is 675. The van der Waals surface area contributed by atoms with Crippen LogP contribution in [-0.4, -0.2) is 12.9 Å². The van der Waals surface area contributed by atoms with Crippen molar-refractivity contribution in [2.75, 3.05) is 7.11 Å². The monoisotopic (exact) mass is 292 g/mol. The van der Waals surface area contributed by atoms with Crippen molar-refractivity contribution < 1.29 is 18.3 Å². The second-order valence-corrected chi connectivity index (χ2v) is 4.31. The molecule has 2 rings (SSSR count). The van der Waals surface area contributed by atoms with Gasteiger partial charge in [-0.3, -0.25) is 5.41 Å². The van der Waals surface area contributed by atoms with E-state index in [2.05, 4.69) is 0 Å². The van der Waals surface area contributed by atoms with E-state index in [0.717, 1.165) is 18.2 Å². The molecule has 0 fully saturated rings. The third kappa shape index (κ3) is 3.47. The van der Waals surface area contributed by atoms with E-state index in [0.29, 0.717) is 16.9 Å². The summed E-state index contributed by atoms with van der Waals surface area (Å²) in [5, 5.41) is 7.48. The summed E-state index contributed by atoms with van der Waals surface area (Å²) in [6, 6.07) is 7.94.